The second kappa shape index (κ2) is 10.0. The van der Waals surface area contributed by atoms with Crippen LogP contribution in [0, 0.1) is 5.82 Å². The number of pyridine rings is 1. The molecule has 5 aromatic rings. The summed E-state index contributed by atoms with van der Waals surface area (Å²) in [5, 5.41) is 6.74. The Morgan fingerprint density at radius 3 is 2.71 bits per heavy atom. The van der Waals surface area contributed by atoms with Gasteiger partial charge in [0.25, 0.3) is 5.91 Å². The van der Waals surface area contributed by atoms with Gasteiger partial charge in [-0.2, -0.15) is 13.9 Å². The van der Waals surface area contributed by atoms with Crippen molar-refractivity contribution in [3.05, 3.63) is 78.0 Å². The van der Waals surface area contributed by atoms with Crippen LogP contribution in [0.5, 0.6) is 5.75 Å². The summed E-state index contributed by atoms with van der Waals surface area (Å²) in [6.45, 7) is -2.58. The molecule has 0 radical (unpaired) electrons. The molecule has 0 unspecified atom stereocenters. The molecule has 1 fully saturated rings. The fourth-order valence-corrected chi connectivity index (χ4v) is 6.11. The van der Waals surface area contributed by atoms with Gasteiger partial charge in [0.1, 0.15) is 34.9 Å². The van der Waals surface area contributed by atoms with Gasteiger partial charge >= 0.3 is 6.61 Å². The molecule has 208 valence electrons. The third-order valence-electron chi connectivity index (χ3n) is 7.91. The van der Waals surface area contributed by atoms with E-state index in [-0.39, 0.29) is 23.7 Å². The standard InChI is InChI=1S/C29H24F3N7O2/c30-17-9-8-16-14-38(28(40)21(16)10-17)18-4-3-5-19(11-18)39-24-12-22(26-34-15-35-37-26)33-13-23(24)36-27(39)20-6-1-2-7-25(20)41-29(31)32/h1-2,6-10,12-13,15,18-19,29H,3-5,11,14H2,(H,34,35,37)/t18-,19+/m0/s1. The number of H-pyrrole nitrogens is 1. The molecule has 2 aromatic carbocycles. The molecule has 1 amide bonds. The summed E-state index contributed by atoms with van der Waals surface area (Å²) in [7, 11) is 0. The maximum atomic E-state index is 13.9. The molecule has 1 N–H and O–H groups in total. The fraction of sp³-hybridized carbons (Fsp3) is 0.276. The first kappa shape index (κ1) is 25.2. The Balaban J connectivity index is 1.32. The highest BCUT2D eigenvalue weighted by atomic mass is 19.3. The number of fused-ring (bicyclic) bond motifs is 2. The van der Waals surface area contributed by atoms with Gasteiger partial charge in [-0.15, -0.1) is 0 Å². The number of aromatic amines is 1. The number of amides is 1. The van der Waals surface area contributed by atoms with E-state index in [2.05, 4.69) is 20.2 Å². The van der Waals surface area contributed by atoms with Crippen LogP contribution >= 0.6 is 0 Å². The number of carbonyl (C=O) groups excluding carboxylic acids is 1. The minimum absolute atomic E-state index is 0.0158. The Morgan fingerprint density at radius 1 is 1.02 bits per heavy atom. The van der Waals surface area contributed by atoms with Crippen LogP contribution in [0.1, 0.15) is 47.6 Å². The lowest BCUT2D eigenvalue weighted by Gasteiger charge is -2.36. The summed E-state index contributed by atoms with van der Waals surface area (Å²) >= 11 is 0. The second-order valence-corrected chi connectivity index (χ2v) is 10.3. The van der Waals surface area contributed by atoms with Crippen LogP contribution in [0.4, 0.5) is 13.2 Å². The predicted molar refractivity (Wildman–Crippen MR) is 143 cm³/mol. The van der Waals surface area contributed by atoms with E-state index in [1.165, 1.54) is 24.5 Å². The van der Waals surface area contributed by atoms with Crippen molar-refractivity contribution in [3.63, 3.8) is 0 Å². The first-order valence-electron chi connectivity index (χ1n) is 13.3. The van der Waals surface area contributed by atoms with Gasteiger partial charge < -0.3 is 14.2 Å². The highest BCUT2D eigenvalue weighted by Crippen LogP contribution is 2.41. The smallest absolute Gasteiger partial charge is 0.387 e. The Morgan fingerprint density at radius 2 is 1.88 bits per heavy atom. The van der Waals surface area contributed by atoms with Crippen LogP contribution < -0.4 is 4.74 Å². The second-order valence-electron chi connectivity index (χ2n) is 10.3. The summed E-state index contributed by atoms with van der Waals surface area (Å²) in [6.07, 6.45) is 6.05. The average molecular weight is 560 g/mol. The van der Waals surface area contributed by atoms with Gasteiger partial charge in [0.2, 0.25) is 0 Å². The molecule has 1 saturated carbocycles. The fourth-order valence-electron chi connectivity index (χ4n) is 6.11. The number of imidazole rings is 1. The van der Waals surface area contributed by atoms with Crippen LogP contribution in [0.25, 0.3) is 33.9 Å². The zero-order valence-corrected chi connectivity index (χ0v) is 21.7. The van der Waals surface area contributed by atoms with E-state index in [0.717, 1.165) is 30.3 Å². The summed E-state index contributed by atoms with van der Waals surface area (Å²) in [5.41, 5.74) is 3.52. The first-order valence-corrected chi connectivity index (χ1v) is 13.3. The Hall–Kier alpha value is -4.74. The number of rotatable bonds is 6. The summed E-state index contributed by atoms with van der Waals surface area (Å²) in [4.78, 5) is 28.7. The highest BCUT2D eigenvalue weighted by Gasteiger charge is 2.37. The van der Waals surface area contributed by atoms with E-state index in [1.54, 1.807) is 30.5 Å². The van der Waals surface area contributed by atoms with Crippen molar-refractivity contribution in [2.75, 3.05) is 0 Å². The quantitative estimate of drug-likeness (QED) is 0.284. The normalized spacial score (nSPS) is 18.8. The highest BCUT2D eigenvalue weighted by molar-refractivity contribution is 5.98. The number of benzene rings is 2. The monoisotopic (exact) mass is 559 g/mol. The van der Waals surface area contributed by atoms with E-state index >= 15 is 0 Å². The van der Waals surface area contributed by atoms with Crippen molar-refractivity contribution in [2.45, 2.75) is 50.9 Å². The number of nitrogens with one attached hydrogen (secondary N) is 1. The van der Waals surface area contributed by atoms with Crippen LogP contribution in [-0.2, 0) is 6.54 Å². The van der Waals surface area contributed by atoms with E-state index in [0.29, 0.717) is 47.0 Å². The third kappa shape index (κ3) is 4.48. The van der Waals surface area contributed by atoms with Gasteiger partial charge in [0.15, 0.2) is 5.82 Å². The number of hydrogen-bond donors (Lipinski definition) is 1. The van der Waals surface area contributed by atoms with Crippen LogP contribution in [-0.4, -0.2) is 53.2 Å². The number of ether oxygens (including phenoxy) is 1. The van der Waals surface area contributed by atoms with Gasteiger partial charge in [-0.3, -0.25) is 14.9 Å². The number of aromatic nitrogens is 6. The van der Waals surface area contributed by atoms with Gasteiger partial charge in [0, 0.05) is 24.2 Å². The SMILES string of the molecule is O=C1c2cc(F)ccc2CN1[C@H]1CCC[C@@H](n2c(-c3ccccc3OC(F)F)nc3cnc(-c4ncn[nH]4)cc32)C1. The molecule has 0 saturated heterocycles. The number of nitrogens with zero attached hydrogens (tertiary/aromatic N) is 6. The van der Waals surface area contributed by atoms with Gasteiger partial charge in [-0.05, 0) is 61.6 Å². The lowest BCUT2D eigenvalue weighted by molar-refractivity contribution is -0.0494. The molecular weight excluding hydrogens is 535 g/mol. The largest absolute Gasteiger partial charge is 0.434 e. The number of alkyl halides is 2. The summed E-state index contributed by atoms with van der Waals surface area (Å²) < 4.78 is 47.5. The molecule has 2 aliphatic rings. The first-order chi connectivity index (χ1) is 20.0. The molecular formula is C29H24F3N7O2. The van der Waals surface area contributed by atoms with Crippen molar-refractivity contribution in [3.8, 4) is 28.7 Å². The lowest BCUT2D eigenvalue weighted by Crippen LogP contribution is -2.39. The maximum absolute atomic E-state index is 13.9. The molecule has 2 atom stereocenters. The molecule has 4 heterocycles. The molecule has 0 bridgehead atoms. The third-order valence-corrected chi connectivity index (χ3v) is 7.91. The van der Waals surface area contributed by atoms with Crippen molar-refractivity contribution < 1.29 is 22.7 Å². The average Bonchev–Trinajstić information content (AvgIpc) is 3.71. The molecule has 1 aliphatic carbocycles. The summed E-state index contributed by atoms with van der Waals surface area (Å²) in [6, 6.07) is 12.6. The Bertz CT molecular complexity index is 1750. The molecule has 41 heavy (non-hydrogen) atoms. The maximum Gasteiger partial charge on any atom is 0.387 e. The zero-order valence-electron chi connectivity index (χ0n) is 21.7. The molecule has 9 nitrogen and oxygen atoms in total. The van der Waals surface area contributed by atoms with Gasteiger partial charge in [-0.25, -0.2) is 14.4 Å². The van der Waals surface area contributed by atoms with E-state index in [4.69, 9.17) is 9.72 Å². The van der Waals surface area contributed by atoms with Crippen LogP contribution in [0.2, 0.25) is 0 Å². The van der Waals surface area contributed by atoms with Gasteiger partial charge in [0.05, 0.1) is 17.3 Å². The molecule has 1 aliphatic heterocycles. The Kier molecular flexibility index (Phi) is 6.17. The molecule has 3 aromatic heterocycles. The number of halogens is 3. The van der Waals surface area contributed by atoms with Gasteiger partial charge in [-0.1, -0.05) is 18.2 Å². The number of para-hydroxylation sites is 1. The number of carbonyl (C=O) groups is 1. The molecule has 12 heteroatoms. The predicted octanol–water partition coefficient (Wildman–Crippen LogP) is 5.76. The van der Waals surface area contributed by atoms with Crippen LogP contribution in [0.15, 0.2) is 61.1 Å². The summed E-state index contributed by atoms with van der Waals surface area (Å²) in [5.74, 6) is 0.361. The van der Waals surface area contributed by atoms with Crippen molar-refractivity contribution in [2.24, 2.45) is 0 Å². The van der Waals surface area contributed by atoms with E-state index in [1.807, 2.05) is 15.5 Å². The van der Waals surface area contributed by atoms with Crippen molar-refractivity contribution in [1.82, 2.24) is 34.6 Å². The van der Waals surface area contributed by atoms with E-state index in [9.17, 15) is 18.0 Å². The molecule has 0 spiro atoms. The van der Waals surface area contributed by atoms with Crippen LogP contribution in [0.3, 0.4) is 0 Å². The minimum atomic E-state index is -3.00. The van der Waals surface area contributed by atoms with Crippen molar-refractivity contribution in [1.29, 1.82) is 0 Å². The Labute approximate surface area is 232 Å². The lowest BCUT2D eigenvalue weighted by atomic mass is 9.89. The topological polar surface area (TPSA) is 102 Å². The minimum Gasteiger partial charge on any atom is -0.434 e. The van der Waals surface area contributed by atoms with Crippen molar-refractivity contribution >= 4 is 16.9 Å². The zero-order chi connectivity index (χ0) is 28.1. The number of hydrogen-bond acceptors (Lipinski definition) is 6. The molecule has 7 rings (SSSR count). The van der Waals surface area contributed by atoms with E-state index < -0.39 is 12.4 Å².